The number of hydrogen-bond acceptors (Lipinski definition) is 1. The van der Waals surface area contributed by atoms with Gasteiger partial charge in [0.1, 0.15) is 5.75 Å². The molecule has 0 aliphatic carbocycles. The molecule has 1 aromatic rings. The van der Waals surface area contributed by atoms with Gasteiger partial charge in [0.05, 0.1) is 6.61 Å². The summed E-state index contributed by atoms with van der Waals surface area (Å²) in [5.41, 5.74) is 0.957. The standard InChI is InChI=1S/C11H15O/c1-9(2)8-12-11-7-5-4-6-10(11)3/h4-7,9H,3,8H2,1-2H3. The van der Waals surface area contributed by atoms with Crippen LogP contribution in [0.5, 0.6) is 5.75 Å². The molecule has 0 aromatic heterocycles. The van der Waals surface area contributed by atoms with Crippen molar-refractivity contribution >= 4 is 0 Å². The maximum Gasteiger partial charge on any atom is 0.122 e. The van der Waals surface area contributed by atoms with Crippen molar-refractivity contribution in [1.82, 2.24) is 0 Å². The molecule has 0 spiro atoms. The third kappa shape index (κ3) is 2.57. The molecule has 0 unspecified atom stereocenters. The summed E-state index contributed by atoms with van der Waals surface area (Å²) in [7, 11) is 0. The largest absolute Gasteiger partial charge is 0.493 e. The number of ether oxygens (including phenoxy) is 1. The van der Waals surface area contributed by atoms with E-state index in [0.717, 1.165) is 17.9 Å². The van der Waals surface area contributed by atoms with Gasteiger partial charge in [-0.1, -0.05) is 32.0 Å². The lowest BCUT2D eigenvalue weighted by Crippen LogP contribution is -2.05. The summed E-state index contributed by atoms with van der Waals surface area (Å²) in [6.45, 7) is 8.89. The van der Waals surface area contributed by atoms with Crippen LogP contribution in [0.3, 0.4) is 0 Å². The van der Waals surface area contributed by atoms with Crippen molar-refractivity contribution in [3.05, 3.63) is 36.8 Å². The molecular formula is C11H15O. The van der Waals surface area contributed by atoms with Gasteiger partial charge in [0.15, 0.2) is 0 Å². The lowest BCUT2D eigenvalue weighted by molar-refractivity contribution is 0.270. The molecule has 0 atom stereocenters. The first kappa shape index (κ1) is 9.11. The van der Waals surface area contributed by atoms with Gasteiger partial charge in [-0.05, 0) is 24.5 Å². The highest BCUT2D eigenvalue weighted by Crippen LogP contribution is 2.16. The highest BCUT2D eigenvalue weighted by molar-refractivity contribution is 5.35. The van der Waals surface area contributed by atoms with Gasteiger partial charge in [0, 0.05) is 0 Å². The Kier molecular flexibility index (Phi) is 3.15. The van der Waals surface area contributed by atoms with Crippen LogP contribution in [0.4, 0.5) is 0 Å². The van der Waals surface area contributed by atoms with Crippen LogP contribution in [-0.2, 0) is 0 Å². The van der Waals surface area contributed by atoms with E-state index in [2.05, 4.69) is 20.8 Å². The number of benzene rings is 1. The second-order valence-corrected chi connectivity index (χ2v) is 3.31. The summed E-state index contributed by atoms with van der Waals surface area (Å²) < 4.78 is 5.54. The highest BCUT2D eigenvalue weighted by atomic mass is 16.5. The predicted molar refractivity (Wildman–Crippen MR) is 51.2 cm³/mol. The van der Waals surface area contributed by atoms with Crippen LogP contribution in [0.2, 0.25) is 0 Å². The van der Waals surface area contributed by atoms with Crippen molar-refractivity contribution in [1.29, 1.82) is 0 Å². The third-order valence-electron chi connectivity index (χ3n) is 1.54. The summed E-state index contributed by atoms with van der Waals surface area (Å²) in [4.78, 5) is 0. The minimum absolute atomic E-state index is 0.560. The smallest absolute Gasteiger partial charge is 0.122 e. The Balaban J connectivity index is 2.57. The zero-order chi connectivity index (χ0) is 8.97. The molecule has 0 aliphatic rings. The molecule has 0 bridgehead atoms. The zero-order valence-corrected chi connectivity index (χ0v) is 7.71. The van der Waals surface area contributed by atoms with Gasteiger partial charge in [0.2, 0.25) is 0 Å². The summed E-state index contributed by atoms with van der Waals surface area (Å²) in [5.74, 6) is 1.45. The van der Waals surface area contributed by atoms with Crippen LogP contribution in [0.15, 0.2) is 24.3 Å². The lowest BCUT2D eigenvalue weighted by Gasteiger charge is -2.10. The Bertz CT molecular complexity index is 241. The van der Waals surface area contributed by atoms with Gasteiger partial charge < -0.3 is 4.74 Å². The molecule has 0 amide bonds. The van der Waals surface area contributed by atoms with Crippen LogP contribution in [-0.4, -0.2) is 6.61 Å². The van der Waals surface area contributed by atoms with Crippen molar-refractivity contribution in [2.24, 2.45) is 5.92 Å². The van der Waals surface area contributed by atoms with Crippen LogP contribution < -0.4 is 4.74 Å². The molecule has 0 heterocycles. The van der Waals surface area contributed by atoms with Crippen molar-refractivity contribution in [3.63, 3.8) is 0 Å². The Morgan fingerprint density at radius 1 is 1.33 bits per heavy atom. The van der Waals surface area contributed by atoms with Crippen LogP contribution >= 0.6 is 0 Å². The normalized spacial score (nSPS) is 10.3. The van der Waals surface area contributed by atoms with Crippen LogP contribution in [0.1, 0.15) is 19.4 Å². The van der Waals surface area contributed by atoms with E-state index in [4.69, 9.17) is 4.74 Å². The third-order valence-corrected chi connectivity index (χ3v) is 1.54. The van der Waals surface area contributed by atoms with Crippen LogP contribution in [0.25, 0.3) is 0 Å². The second kappa shape index (κ2) is 4.15. The van der Waals surface area contributed by atoms with Crippen molar-refractivity contribution < 1.29 is 4.74 Å². The second-order valence-electron chi connectivity index (χ2n) is 3.31. The Morgan fingerprint density at radius 3 is 2.58 bits per heavy atom. The highest BCUT2D eigenvalue weighted by Gasteiger charge is 1.98. The van der Waals surface area contributed by atoms with Gasteiger partial charge in [0.25, 0.3) is 0 Å². The summed E-state index contributed by atoms with van der Waals surface area (Å²) in [6, 6.07) is 7.83. The van der Waals surface area contributed by atoms with Gasteiger partial charge in [-0.15, -0.1) is 0 Å². The number of para-hydroxylation sites is 1. The predicted octanol–water partition coefficient (Wildman–Crippen LogP) is 2.90. The van der Waals surface area contributed by atoms with E-state index < -0.39 is 0 Å². The first-order valence-corrected chi connectivity index (χ1v) is 4.24. The maximum absolute atomic E-state index is 5.54. The monoisotopic (exact) mass is 163 g/mol. The Labute approximate surface area is 74.4 Å². The summed E-state index contributed by atoms with van der Waals surface area (Å²) >= 11 is 0. The molecule has 12 heavy (non-hydrogen) atoms. The molecule has 1 heteroatoms. The SMILES string of the molecule is [CH2]c1ccccc1OCC(C)C. The molecule has 0 aliphatic heterocycles. The van der Waals surface area contributed by atoms with Gasteiger partial charge in [-0.25, -0.2) is 0 Å². The van der Waals surface area contributed by atoms with Gasteiger partial charge in [-0.3, -0.25) is 0 Å². The minimum atomic E-state index is 0.560. The fourth-order valence-corrected chi connectivity index (χ4v) is 0.901. The molecule has 1 nitrogen and oxygen atoms in total. The van der Waals surface area contributed by atoms with E-state index in [1.54, 1.807) is 0 Å². The van der Waals surface area contributed by atoms with Crippen molar-refractivity contribution in [3.8, 4) is 5.75 Å². The van der Waals surface area contributed by atoms with E-state index in [9.17, 15) is 0 Å². The van der Waals surface area contributed by atoms with Crippen LogP contribution in [0, 0.1) is 12.8 Å². The molecule has 1 rings (SSSR count). The fourth-order valence-electron chi connectivity index (χ4n) is 0.901. The maximum atomic E-state index is 5.54. The average Bonchev–Trinajstić information content (AvgIpc) is 2.03. The lowest BCUT2D eigenvalue weighted by atomic mass is 10.2. The first-order chi connectivity index (χ1) is 5.70. The molecule has 0 N–H and O–H groups in total. The van der Waals surface area contributed by atoms with Crippen molar-refractivity contribution in [2.75, 3.05) is 6.61 Å². The zero-order valence-electron chi connectivity index (χ0n) is 7.71. The van der Waals surface area contributed by atoms with E-state index in [-0.39, 0.29) is 0 Å². The van der Waals surface area contributed by atoms with E-state index in [1.807, 2.05) is 24.3 Å². The molecule has 0 saturated heterocycles. The van der Waals surface area contributed by atoms with Gasteiger partial charge in [-0.2, -0.15) is 0 Å². The van der Waals surface area contributed by atoms with E-state index in [0.29, 0.717) is 5.92 Å². The molecule has 0 saturated carbocycles. The molecular weight excluding hydrogens is 148 g/mol. The summed E-state index contributed by atoms with van der Waals surface area (Å²) in [6.07, 6.45) is 0. The molecule has 0 fully saturated rings. The minimum Gasteiger partial charge on any atom is -0.493 e. The van der Waals surface area contributed by atoms with E-state index in [1.165, 1.54) is 0 Å². The van der Waals surface area contributed by atoms with Crippen molar-refractivity contribution in [2.45, 2.75) is 13.8 Å². The Hall–Kier alpha value is -0.980. The number of hydrogen-bond donors (Lipinski definition) is 0. The topological polar surface area (TPSA) is 9.23 Å². The molecule has 1 aromatic carbocycles. The van der Waals surface area contributed by atoms with Gasteiger partial charge >= 0.3 is 0 Å². The number of rotatable bonds is 3. The summed E-state index contributed by atoms with van der Waals surface area (Å²) in [5, 5.41) is 0. The fraction of sp³-hybridized carbons (Fsp3) is 0.364. The molecule has 65 valence electrons. The first-order valence-electron chi connectivity index (χ1n) is 4.24. The Morgan fingerprint density at radius 2 is 2.00 bits per heavy atom. The molecule has 1 radical (unpaired) electrons. The van der Waals surface area contributed by atoms with E-state index >= 15 is 0 Å². The average molecular weight is 163 g/mol. The quantitative estimate of drug-likeness (QED) is 0.665.